The van der Waals surface area contributed by atoms with Crippen LogP contribution >= 0.6 is 0 Å². The van der Waals surface area contributed by atoms with Gasteiger partial charge in [-0.05, 0) is 26.3 Å². The van der Waals surface area contributed by atoms with Crippen molar-refractivity contribution in [3.8, 4) is 0 Å². The Morgan fingerprint density at radius 2 is 1.85 bits per heavy atom. The van der Waals surface area contributed by atoms with E-state index in [-0.39, 0.29) is 6.54 Å². The van der Waals surface area contributed by atoms with Gasteiger partial charge in [0, 0.05) is 6.54 Å². The molecule has 0 atom stereocenters. The van der Waals surface area contributed by atoms with Crippen molar-refractivity contribution in [1.29, 1.82) is 0 Å². The van der Waals surface area contributed by atoms with E-state index in [9.17, 15) is 13.2 Å². The van der Waals surface area contributed by atoms with Crippen molar-refractivity contribution < 1.29 is 13.2 Å². The van der Waals surface area contributed by atoms with Crippen molar-refractivity contribution >= 4 is 5.71 Å². The summed E-state index contributed by atoms with van der Waals surface area (Å²) >= 11 is 0. The minimum Gasteiger partial charge on any atom is -0.281 e. The molecule has 0 aliphatic rings. The van der Waals surface area contributed by atoms with Crippen molar-refractivity contribution in [3.05, 3.63) is 11.6 Å². The second kappa shape index (κ2) is 5.04. The number of rotatable bonds is 3. The van der Waals surface area contributed by atoms with Gasteiger partial charge in [-0.15, -0.1) is 0 Å². The molecule has 0 unspecified atom stereocenters. The molecule has 0 fully saturated rings. The van der Waals surface area contributed by atoms with E-state index < -0.39 is 11.9 Å². The predicted molar refractivity (Wildman–Crippen MR) is 48.1 cm³/mol. The summed E-state index contributed by atoms with van der Waals surface area (Å²) in [7, 11) is 0. The smallest absolute Gasteiger partial charge is 0.281 e. The molecule has 0 aliphatic carbocycles. The Labute approximate surface area is 76.4 Å². The molecule has 0 radical (unpaired) electrons. The van der Waals surface area contributed by atoms with Crippen molar-refractivity contribution in [2.75, 3.05) is 6.54 Å². The van der Waals surface area contributed by atoms with Gasteiger partial charge in [0.1, 0.15) is 5.71 Å². The lowest BCUT2D eigenvalue weighted by Gasteiger charge is -2.06. The predicted octanol–water partition coefficient (Wildman–Crippen LogP) is 3.37. The molecule has 0 aliphatic heterocycles. The fourth-order valence-electron chi connectivity index (χ4n) is 0.723. The van der Waals surface area contributed by atoms with Gasteiger partial charge in [0.2, 0.25) is 0 Å². The fourth-order valence-corrected chi connectivity index (χ4v) is 0.723. The van der Waals surface area contributed by atoms with E-state index in [4.69, 9.17) is 0 Å². The monoisotopic (exact) mass is 193 g/mol. The van der Waals surface area contributed by atoms with Crippen LogP contribution in [0, 0.1) is 0 Å². The van der Waals surface area contributed by atoms with Gasteiger partial charge >= 0.3 is 6.18 Å². The van der Waals surface area contributed by atoms with Gasteiger partial charge in [-0.1, -0.05) is 12.5 Å². The lowest BCUT2D eigenvalue weighted by molar-refractivity contribution is -0.0579. The fraction of sp³-hybridized carbons (Fsp3) is 0.667. The van der Waals surface area contributed by atoms with Crippen LogP contribution in [-0.4, -0.2) is 18.4 Å². The van der Waals surface area contributed by atoms with E-state index >= 15 is 0 Å². The normalized spacial score (nSPS) is 12.9. The van der Waals surface area contributed by atoms with E-state index in [1.807, 2.05) is 0 Å². The van der Waals surface area contributed by atoms with Crippen molar-refractivity contribution in [1.82, 2.24) is 0 Å². The lowest BCUT2D eigenvalue weighted by atomic mass is 10.2. The van der Waals surface area contributed by atoms with Gasteiger partial charge in [-0.25, -0.2) is 0 Å². The van der Waals surface area contributed by atoms with Crippen LogP contribution in [-0.2, 0) is 0 Å². The summed E-state index contributed by atoms with van der Waals surface area (Å²) in [4.78, 5) is 3.47. The van der Waals surface area contributed by atoms with Crippen LogP contribution in [0.4, 0.5) is 13.2 Å². The Balaban J connectivity index is 4.67. The van der Waals surface area contributed by atoms with Crippen molar-refractivity contribution in [2.24, 2.45) is 4.99 Å². The van der Waals surface area contributed by atoms with Gasteiger partial charge in [0.15, 0.2) is 0 Å². The number of hydrogen-bond acceptors (Lipinski definition) is 1. The molecule has 0 saturated heterocycles. The summed E-state index contributed by atoms with van der Waals surface area (Å²) < 4.78 is 36.7. The highest BCUT2D eigenvalue weighted by Crippen LogP contribution is 2.19. The molecule has 0 amide bonds. The zero-order valence-corrected chi connectivity index (χ0v) is 8.07. The number of allylic oxidation sites excluding steroid dienone is 2. The molecule has 13 heavy (non-hydrogen) atoms. The molecule has 0 saturated carbocycles. The topological polar surface area (TPSA) is 12.4 Å². The molecule has 76 valence electrons. The second-order valence-electron chi connectivity index (χ2n) is 2.99. The molecular weight excluding hydrogens is 179 g/mol. The summed E-state index contributed by atoms with van der Waals surface area (Å²) in [6.45, 7) is 5.25. The SMILES string of the molecule is CCC/N=C(\C=C(C)C)C(F)(F)F. The van der Waals surface area contributed by atoms with Crippen LogP contribution in [0.25, 0.3) is 0 Å². The van der Waals surface area contributed by atoms with Crippen LogP contribution in [0.1, 0.15) is 27.2 Å². The first-order valence-electron chi connectivity index (χ1n) is 4.14. The minimum absolute atomic E-state index is 0.221. The number of alkyl halides is 3. The maximum Gasteiger partial charge on any atom is 0.432 e. The van der Waals surface area contributed by atoms with Gasteiger partial charge in [-0.3, -0.25) is 4.99 Å². The van der Waals surface area contributed by atoms with Crippen LogP contribution in [0.15, 0.2) is 16.6 Å². The standard InChI is InChI=1S/C9H14F3N/c1-4-5-13-8(6-7(2)3)9(10,11)12/h6H,4-5H2,1-3H3/b13-8+. The highest BCUT2D eigenvalue weighted by Gasteiger charge is 2.33. The quantitative estimate of drug-likeness (QED) is 0.609. The zero-order chi connectivity index (χ0) is 10.5. The van der Waals surface area contributed by atoms with Crippen LogP contribution in [0.3, 0.4) is 0 Å². The Hall–Kier alpha value is -0.800. The Morgan fingerprint density at radius 1 is 1.31 bits per heavy atom. The Morgan fingerprint density at radius 3 is 2.15 bits per heavy atom. The number of aliphatic imine (C=N–C) groups is 1. The largest absolute Gasteiger partial charge is 0.432 e. The third kappa shape index (κ3) is 5.44. The number of halogens is 3. The summed E-state index contributed by atoms with van der Waals surface area (Å²) in [5, 5.41) is 0. The van der Waals surface area contributed by atoms with Gasteiger partial charge in [-0.2, -0.15) is 13.2 Å². The van der Waals surface area contributed by atoms with E-state index in [1.54, 1.807) is 20.8 Å². The maximum absolute atomic E-state index is 12.2. The molecule has 0 heterocycles. The third-order valence-electron chi connectivity index (χ3n) is 1.22. The first-order valence-corrected chi connectivity index (χ1v) is 4.14. The van der Waals surface area contributed by atoms with Crippen LogP contribution < -0.4 is 0 Å². The second-order valence-corrected chi connectivity index (χ2v) is 2.99. The van der Waals surface area contributed by atoms with Gasteiger partial charge < -0.3 is 0 Å². The molecule has 0 aromatic carbocycles. The summed E-state index contributed by atoms with van der Waals surface area (Å²) in [6, 6.07) is 0. The molecule has 1 nitrogen and oxygen atoms in total. The van der Waals surface area contributed by atoms with Crippen molar-refractivity contribution in [2.45, 2.75) is 33.4 Å². The van der Waals surface area contributed by atoms with Gasteiger partial charge in [0.25, 0.3) is 0 Å². The molecule has 0 rings (SSSR count). The molecule has 4 heteroatoms. The lowest BCUT2D eigenvalue weighted by Crippen LogP contribution is -2.21. The maximum atomic E-state index is 12.2. The molecular formula is C9H14F3N. The van der Waals surface area contributed by atoms with Crippen LogP contribution in [0.5, 0.6) is 0 Å². The number of nitrogens with zero attached hydrogens (tertiary/aromatic N) is 1. The van der Waals surface area contributed by atoms with Crippen molar-refractivity contribution in [3.63, 3.8) is 0 Å². The Bertz CT molecular complexity index is 209. The number of hydrogen-bond donors (Lipinski definition) is 0. The highest BCUT2D eigenvalue weighted by atomic mass is 19.4. The van der Waals surface area contributed by atoms with E-state index in [2.05, 4.69) is 4.99 Å². The average Bonchev–Trinajstić information content (AvgIpc) is 1.95. The molecule has 0 bridgehead atoms. The summed E-state index contributed by atoms with van der Waals surface area (Å²) in [5.74, 6) is 0. The van der Waals surface area contributed by atoms with E-state index in [1.165, 1.54) is 0 Å². The average molecular weight is 193 g/mol. The van der Waals surface area contributed by atoms with E-state index in [0.29, 0.717) is 12.0 Å². The minimum atomic E-state index is -4.33. The summed E-state index contributed by atoms with van der Waals surface area (Å²) in [6.07, 6.45) is -2.64. The van der Waals surface area contributed by atoms with Crippen LogP contribution in [0.2, 0.25) is 0 Å². The molecule has 0 aromatic heterocycles. The molecule has 0 spiro atoms. The zero-order valence-electron chi connectivity index (χ0n) is 8.07. The first-order chi connectivity index (χ1) is 5.88. The summed E-state index contributed by atoms with van der Waals surface area (Å²) in [5.41, 5.74) is -0.179. The van der Waals surface area contributed by atoms with E-state index in [0.717, 1.165) is 6.08 Å². The highest BCUT2D eigenvalue weighted by molar-refractivity contribution is 5.99. The third-order valence-corrected chi connectivity index (χ3v) is 1.22. The van der Waals surface area contributed by atoms with Gasteiger partial charge in [0.05, 0.1) is 0 Å². The molecule has 0 aromatic rings. The first kappa shape index (κ1) is 12.2. The molecule has 0 N–H and O–H groups in total. The Kier molecular flexibility index (Phi) is 4.73.